The van der Waals surface area contributed by atoms with Gasteiger partial charge < -0.3 is 20.6 Å². The van der Waals surface area contributed by atoms with E-state index in [1.807, 2.05) is 13.8 Å². The average molecular weight is 474 g/mol. The van der Waals surface area contributed by atoms with E-state index in [9.17, 15) is 20.1 Å². The van der Waals surface area contributed by atoms with E-state index in [2.05, 4.69) is 37.9 Å². The zero-order chi connectivity index (χ0) is 25.3. The maximum Gasteiger partial charge on any atom is 0.217 e. The number of nitrogens with one attached hydrogen (secondary N) is 1. The number of hydrogen-bond donors (Lipinski definition) is 4. The standard InChI is InChI=1S/C29H47NO4/c1-18(9-7-15-28(4,5)34)23-13-14-24-21(10-8-16-29(23,24)6)11-12-22-17-25(32)26(30-20(3)31)27(33)19(22)2/h11-12,18,23-27,32-34H,2,7-10,13-17H2,1,3-6H3,(H,30,31)/b21-11+,22-12-/t18-,23-,24+,25-,26-,27-,29-/m1/s1. The summed E-state index contributed by atoms with van der Waals surface area (Å²) in [6.07, 6.45) is 12.0. The topological polar surface area (TPSA) is 89.8 Å². The molecular weight excluding hydrogens is 426 g/mol. The van der Waals surface area contributed by atoms with Crippen LogP contribution in [0, 0.1) is 23.2 Å². The van der Waals surface area contributed by atoms with E-state index in [-0.39, 0.29) is 5.91 Å². The van der Waals surface area contributed by atoms with E-state index < -0.39 is 23.9 Å². The molecule has 0 saturated heterocycles. The molecule has 3 rings (SSSR count). The number of fused-ring (bicyclic) bond motifs is 1. The normalized spacial score (nSPS) is 37.6. The Morgan fingerprint density at radius 1 is 1.29 bits per heavy atom. The van der Waals surface area contributed by atoms with Crippen molar-refractivity contribution in [3.8, 4) is 0 Å². The van der Waals surface area contributed by atoms with E-state index in [0.717, 1.165) is 24.8 Å². The Kier molecular flexibility index (Phi) is 8.53. The van der Waals surface area contributed by atoms with Gasteiger partial charge in [0.25, 0.3) is 0 Å². The molecule has 0 aromatic heterocycles. The second-order valence-corrected chi connectivity index (χ2v) is 12.2. The lowest BCUT2D eigenvalue weighted by Crippen LogP contribution is -2.53. The Balaban J connectivity index is 1.71. The van der Waals surface area contributed by atoms with E-state index >= 15 is 0 Å². The van der Waals surface area contributed by atoms with Crippen LogP contribution in [-0.2, 0) is 4.79 Å². The number of carbonyl (C=O) groups is 1. The first-order valence-corrected chi connectivity index (χ1v) is 13.3. The molecule has 3 aliphatic rings. The predicted octanol–water partition coefficient (Wildman–Crippen LogP) is 4.82. The summed E-state index contributed by atoms with van der Waals surface area (Å²) in [5.74, 6) is 1.68. The molecule has 0 bridgehead atoms. The highest BCUT2D eigenvalue weighted by molar-refractivity contribution is 5.73. The molecule has 3 fully saturated rings. The fourth-order valence-electron chi connectivity index (χ4n) is 7.17. The molecule has 34 heavy (non-hydrogen) atoms. The number of aliphatic hydroxyl groups excluding tert-OH is 2. The molecular formula is C29H47NO4. The Hall–Kier alpha value is -1.43. The quantitative estimate of drug-likeness (QED) is 0.427. The van der Waals surface area contributed by atoms with Crippen molar-refractivity contribution in [2.24, 2.45) is 23.2 Å². The van der Waals surface area contributed by atoms with Gasteiger partial charge in [-0.25, -0.2) is 0 Å². The molecule has 1 amide bonds. The first kappa shape index (κ1) is 27.2. The SMILES string of the molecule is C=C1/C(=C\C=C2/CCC[C@]3(C)[C@@H]([C@H](C)CCCC(C)(C)O)CC[C@@H]23)C[C@@H](O)[C@@H](NC(C)=O)[C@@H]1O. The van der Waals surface area contributed by atoms with E-state index in [4.69, 9.17) is 0 Å². The molecule has 0 radical (unpaired) electrons. The van der Waals surface area contributed by atoms with Gasteiger partial charge >= 0.3 is 0 Å². The monoisotopic (exact) mass is 473 g/mol. The minimum absolute atomic E-state index is 0.267. The highest BCUT2D eigenvalue weighted by atomic mass is 16.3. The predicted molar refractivity (Wildman–Crippen MR) is 137 cm³/mol. The smallest absolute Gasteiger partial charge is 0.217 e. The second kappa shape index (κ2) is 10.7. The minimum atomic E-state index is -0.977. The van der Waals surface area contributed by atoms with Crippen LogP contribution in [-0.4, -0.2) is 45.1 Å². The summed E-state index contributed by atoms with van der Waals surface area (Å²) >= 11 is 0. The first-order valence-electron chi connectivity index (χ1n) is 13.3. The molecule has 5 nitrogen and oxygen atoms in total. The number of amides is 1. The number of allylic oxidation sites excluding steroid dienone is 3. The number of rotatable bonds is 7. The molecule has 0 heterocycles. The zero-order valence-corrected chi connectivity index (χ0v) is 21.9. The summed E-state index contributed by atoms with van der Waals surface area (Å²) in [5, 5.41) is 33.9. The van der Waals surface area contributed by atoms with Gasteiger partial charge in [-0.15, -0.1) is 0 Å². The van der Waals surface area contributed by atoms with Crippen molar-refractivity contribution in [2.45, 2.75) is 116 Å². The molecule has 0 unspecified atom stereocenters. The van der Waals surface area contributed by atoms with Crippen LogP contribution in [0.2, 0.25) is 0 Å². The van der Waals surface area contributed by atoms with Gasteiger partial charge in [-0.05, 0) is 86.7 Å². The van der Waals surface area contributed by atoms with Crippen molar-refractivity contribution in [3.05, 3.63) is 35.5 Å². The third-order valence-electron chi connectivity index (χ3n) is 8.99. The van der Waals surface area contributed by atoms with Crippen LogP contribution in [0.5, 0.6) is 0 Å². The fourth-order valence-corrected chi connectivity index (χ4v) is 7.17. The van der Waals surface area contributed by atoms with Gasteiger partial charge in [-0.2, -0.15) is 0 Å². The van der Waals surface area contributed by atoms with Crippen LogP contribution in [0.4, 0.5) is 0 Å². The van der Waals surface area contributed by atoms with Crippen LogP contribution in [0.1, 0.15) is 92.4 Å². The molecule has 5 heteroatoms. The first-order chi connectivity index (χ1) is 15.8. The number of carbonyl (C=O) groups excluding carboxylic acids is 1. The Morgan fingerprint density at radius 3 is 2.65 bits per heavy atom. The summed E-state index contributed by atoms with van der Waals surface area (Å²) < 4.78 is 0. The van der Waals surface area contributed by atoms with Crippen LogP contribution in [0.15, 0.2) is 35.5 Å². The summed E-state index contributed by atoms with van der Waals surface area (Å²) in [5.41, 5.74) is 2.69. The van der Waals surface area contributed by atoms with Gasteiger partial charge in [0, 0.05) is 13.3 Å². The van der Waals surface area contributed by atoms with E-state index in [1.165, 1.54) is 44.6 Å². The largest absolute Gasteiger partial charge is 0.391 e. The van der Waals surface area contributed by atoms with Crippen molar-refractivity contribution in [3.63, 3.8) is 0 Å². The second-order valence-electron chi connectivity index (χ2n) is 12.2. The highest BCUT2D eigenvalue weighted by Gasteiger charge is 2.50. The van der Waals surface area contributed by atoms with Crippen LogP contribution < -0.4 is 5.32 Å². The van der Waals surface area contributed by atoms with Crippen LogP contribution in [0.3, 0.4) is 0 Å². The maximum absolute atomic E-state index is 11.4. The summed E-state index contributed by atoms with van der Waals surface area (Å²) in [6, 6.07) is -0.707. The fraction of sp³-hybridized carbons (Fsp3) is 0.759. The Bertz CT molecular complexity index is 822. The van der Waals surface area contributed by atoms with Gasteiger partial charge in [0.1, 0.15) is 6.10 Å². The van der Waals surface area contributed by atoms with Crippen molar-refractivity contribution in [1.82, 2.24) is 5.32 Å². The molecule has 7 atom stereocenters. The minimum Gasteiger partial charge on any atom is -0.391 e. The lowest BCUT2D eigenvalue weighted by atomic mass is 9.60. The summed E-state index contributed by atoms with van der Waals surface area (Å²) in [7, 11) is 0. The third-order valence-corrected chi connectivity index (χ3v) is 8.99. The van der Waals surface area contributed by atoms with Gasteiger partial charge in [-0.3, -0.25) is 4.79 Å². The van der Waals surface area contributed by atoms with Gasteiger partial charge in [-0.1, -0.05) is 51.0 Å². The molecule has 4 N–H and O–H groups in total. The van der Waals surface area contributed by atoms with Crippen molar-refractivity contribution in [1.29, 1.82) is 0 Å². The maximum atomic E-state index is 11.4. The van der Waals surface area contributed by atoms with E-state index in [0.29, 0.717) is 35.2 Å². The molecule has 192 valence electrons. The summed E-state index contributed by atoms with van der Waals surface area (Å²) in [6.45, 7) is 14.2. The third kappa shape index (κ3) is 6.03. The van der Waals surface area contributed by atoms with Crippen LogP contribution >= 0.6 is 0 Å². The average Bonchev–Trinajstić information content (AvgIpc) is 3.09. The van der Waals surface area contributed by atoms with Gasteiger partial charge in [0.2, 0.25) is 5.91 Å². The number of aliphatic hydroxyl groups is 3. The van der Waals surface area contributed by atoms with Crippen molar-refractivity contribution < 1.29 is 20.1 Å². The van der Waals surface area contributed by atoms with Crippen molar-refractivity contribution in [2.75, 3.05) is 0 Å². The highest BCUT2D eigenvalue weighted by Crippen LogP contribution is 2.60. The Morgan fingerprint density at radius 2 is 2.00 bits per heavy atom. The van der Waals surface area contributed by atoms with Gasteiger partial charge in [0.15, 0.2) is 0 Å². The van der Waals surface area contributed by atoms with Gasteiger partial charge in [0.05, 0.1) is 17.7 Å². The van der Waals surface area contributed by atoms with Crippen molar-refractivity contribution >= 4 is 5.91 Å². The van der Waals surface area contributed by atoms with Crippen LogP contribution in [0.25, 0.3) is 0 Å². The zero-order valence-electron chi connectivity index (χ0n) is 21.9. The lowest BCUT2D eigenvalue weighted by molar-refractivity contribution is -0.121. The number of hydrogen-bond acceptors (Lipinski definition) is 4. The molecule has 3 aliphatic carbocycles. The molecule has 0 aromatic carbocycles. The Labute approximate surface area is 206 Å². The molecule has 0 aliphatic heterocycles. The molecule has 3 saturated carbocycles. The summed E-state index contributed by atoms with van der Waals surface area (Å²) in [4.78, 5) is 11.4. The molecule has 0 spiro atoms. The molecule has 0 aromatic rings. The lowest BCUT2D eigenvalue weighted by Gasteiger charge is -2.44. The van der Waals surface area contributed by atoms with E-state index in [1.54, 1.807) is 0 Å².